The Balaban J connectivity index is 0.00000484. The van der Waals surface area contributed by atoms with E-state index in [2.05, 4.69) is 38.6 Å². The summed E-state index contributed by atoms with van der Waals surface area (Å²) in [4.78, 5) is 51.1. The Morgan fingerprint density at radius 3 is 2.31 bits per heavy atom. The Morgan fingerprint density at radius 2 is 1.53 bits per heavy atom. The first-order valence-corrected chi connectivity index (χ1v) is 20.5. The third-order valence-electron chi connectivity index (χ3n) is 12.3. The van der Waals surface area contributed by atoms with Crippen LogP contribution in [0.3, 0.4) is 0 Å². The Kier molecular flexibility index (Phi) is 11.8. The number of ether oxygens (including phenoxy) is 2. The van der Waals surface area contributed by atoms with E-state index in [9.17, 15) is 14.7 Å². The van der Waals surface area contributed by atoms with Gasteiger partial charge in [0.2, 0.25) is 0 Å². The first kappa shape index (κ1) is 40.2. The molecule has 0 unspecified atom stereocenters. The number of rotatable bonds is 7. The molecule has 12 heteroatoms. The van der Waals surface area contributed by atoms with Crippen molar-refractivity contribution in [3.05, 3.63) is 136 Å². The number of carbonyl (C=O) groups is 3. The summed E-state index contributed by atoms with van der Waals surface area (Å²) in [6.45, 7) is 5.76. The molecule has 4 aliphatic heterocycles. The van der Waals surface area contributed by atoms with E-state index < -0.39 is 6.09 Å². The summed E-state index contributed by atoms with van der Waals surface area (Å²) < 4.78 is 13.7. The van der Waals surface area contributed by atoms with Crippen LogP contribution in [0.2, 0.25) is 0 Å². The number of hydrogen-bond acceptors (Lipinski definition) is 7. The van der Waals surface area contributed by atoms with E-state index >= 15 is 4.79 Å². The summed E-state index contributed by atoms with van der Waals surface area (Å²) in [6.07, 6.45) is 3.61. The van der Waals surface area contributed by atoms with Gasteiger partial charge in [-0.05, 0) is 109 Å². The van der Waals surface area contributed by atoms with Crippen LogP contribution in [0.15, 0.2) is 97.1 Å². The van der Waals surface area contributed by atoms with Crippen LogP contribution >= 0.6 is 12.4 Å². The molecule has 0 saturated carbocycles. The summed E-state index contributed by atoms with van der Waals surface area (Å²) in [5.74, 6) is 0.424. The van der Waals surface area contributed by atoms with Gasteiger partial charge in [-0.2, -0.15) is 0 Å². The number of morpholine rings is 1. The van der Waals surface area contributed by atoms with Gasteiger partial charge in [0, 0.05) is 87.1 Å². The maximum Gasteiger partial charge on any atom is 0.415 e. The summed E-state index contributed by atoms with van der Waals surface area (Å²) in [5.41, 5.74) is 8.91. The topological polar surface area (TPSA) is 108 Å². The number of phenols is 1. The zero-order valence-corrected chi connectivity index (χ0v) is 34.2. The fourth-order valence-corrected chi connectivity index (χ4v) is 9.09. The molecule has 59 heavy (non-hydrogen) atoms. The first-order chi connectivity index (χ1) is 28.3. The summed E-state index contributed by atoms with van der Waals surface area (Å²) in [7, 11) is 1.76. The van der Waals surface area contributed by atoms with Crippen LogP contribution in [0.5, 0.6) is 11.5 Å². The second-order valence-corrected chi connectivity index (χ2v) is 15.9. The van der Waals surface area contributed by atoms with Crippen molar-refractivity contribution < 1.29 is 29.0 Å². The molecule has 9 rings (SSSR count). The zero-order chi connectivity index (χ0) is 39.8. The zero-order valence-electron chi connectivity index (χ0n) is 33.3. The standard InChI is InChI=1S/C47H49N5O6.ClH/c1-48(36-14-16-38(53)17-15-36)45(54)42-28-44(51-19-8-7-13-43(42)51)40-26-33-18-20-50(47(56)58-39-11-3-2-4-12-39)29-35(33)27-41(40)46(55)52-30-34-10-6-5-9-32(34)25-37(52)31-49-21-23-57-24-22-49;/h2-6,9-12,14-17,26-28,37,53H,7-8,13,18-25,29-31H2,1H3;1H/t37-;/m0./s1. The maximum absolute atomic E-state index is 15.5. The highest BCUT2D eigenvalue weighted by Crippen LogP contribution is 2.38. The summed E-state index contributed by atoms with van der Waals surface area (Å²) in [5, 5.41) is 9.91. The minimum Gasteiger partial charge on any atom is -0.508 e. The molecular weight excluding hydrogens is 766 g/mol. The van der Waals surface area contributed by atoms with Crippen molar-refractivity contribution in [1.82, 2.24) is 19.3 Å². The van der Waals surface area contributed by atoms with Crippen molar-refractivity contribution >= 4 is 36.0 Å². The number of phenolic OH excluding ortho intramolecular Hbond substituents is 1. The highest BCUT2D eigenvalue weighted by molar-refractivity contribution is 6.08. The number of anilines is 1. The SMILES string of the molecule is CN(C(=O)c1cc(-c2cc3c(cc2C(=O)N2Cc4ccccc4C[C@H]2CN2CCOCC2)CN(C(=O)Oc2ccccc2)CC3)n2c1CCCC2)c1ccc(O)cc1.Cl. The van der Waals surface area contributed by atoms with Gasteiger partial charge in [-0.25, -0.2) is 4.79 Å². The quantitative estimate of drug-likeness (QED) is 0.183. The molecule has 1 atom stereocenters. The number of carbonyl (C=O) groups excluding carboxylic acids is 3. The number of amides is 3. The van der Waals surface area contributed by atoms with Crippen molar-refractivity contribution in [3.63, 3.8) is 0 Å². The van der Waals surface area contributed by atoms with Crippen molar-refractivity contribution in [1.29, 1.82) is 0 Å². The summed E-state index contributed by atoms with van der Waals surface area (Å²) in [6, 6.07) is 30.2. The van der Waals surface area contributed by atoms with Gasteiger partial charge in [-0.3, -0.25) is 14.5 Å². The fourth-order valence-electron chi connectivity index (χ4n) is 9.09. The molecule has 4 aromatic carbocycles. The number of aromatic hydroxyl groups is 1. The molecule has 1 N–H and O–H groups in total. The molecule has 1 aromatic heterocycles. The Labute approximate surface area is 351 Å². The van der Waals surface area contributed by atoms with Gasteiger partial charge in [0.15, 0.2) is 0 Å². The number of aromatic nitrogens is 1. The largest absolute Gasteiger partial charge is 0.508 e. The van der Waals surface area contributed by atoms with Crippen molar-refractivity contribution in [2.45, 2.75) is 57.8 Å². The normalized spacial score (nSPS) is 17.5. The van der Waals surface area contributed by atoms with Crippen LogP contribution in [-0.2, 0) is 43.6 Å². The van der Waals surface area contributed by atoms with Crippen molar-refractivity contribution in [2.75, 3.05) is 51.3 Å². The molecule has 0 bridgehead atoms. The second kappa shape index (κ2) is 17.3. The van der Waals surface area contributed by atoms with E-state index in [4.69, 9.17) is 9.47 Å². The van der Waals surface area contributed by atoms with Crippen molar-refractivity contribution in [2.24, 2.45) is 0 Å². The number of halogens is 1. The Hall–Kier alpha value is -5.62. The van der Waals surface area contributed by atoms with E-state index in [1.54, 1.807) is 53.2 Å². The lowest BCUT2D eigenvalue weighted by molar-refractivity contribution is 0.0193. The number of benzene rings is 4. The highest BCUT2D eigenvalue weighted by Gasteiger charge is 2.36. The first-order valence-electron chi connectivity index (χ1n) is 20.5. The molecule has 306 valence electrons. The third-order valence-corrected chi connectivity index (χ3v) is 12.3. The average Bonchev–Trinajstić information content (AvgIpc) is 3.65. The molecule has 1 saturated heterocycles. The maximum atomic E-state index is 15.5. The lowest BCUT2D eigenvalue weighted by Crippen LogP contribution is -2.52. The molecule has 4 aliphatic rings. The lowest BCUT2D eigenvalue weighted by atomic mass is 9.89. The predicted molar refractivity (Wildman–Crippen MR) is 229 cm³/mol. The van der Waals surface area contributed by atoms with E-state index in [1.807, 2.05) is 36.4 Å². The highest BCUT2D eigenvalue weighted by atomic mass is 35.5. The van der Waals surface area contributed by atoms with E-state index in [0.717, 1.165) is 85.5 Å². The van der Waals surface area contributed by atoms with Crippen LogP contribution in [0.25, 0.3) is 11.3 Å². The molecule has 11 nitrogen and oxygen atoms in total. The molecule has 0 spiro atoms. The van der Waals surface area contributed by atoms with Gasteiger partial charge in [0.1, 0.15) is 11.5 Å². The monoisotopic (exact) mass is 815 g/mol. The van der Waals surface area contributed by atoms with Crippen LogP contribution in [0.4, 0.5) is 10.5 Å². The fraction of sp³-hybridized carbons (Fsp3) is 0.340. The van der Waals surface area contributed by atoms with Crippen LogP contribution in [0.1, 0.15) is 61.5 Å². The van der Waals surface area contributed by atoms with E-state index in [0.29, 0.717) is 61.8 Å². The smallest absolute Gasteiger partial charge is 0.415 e. The Morgan fingerprint density at radius 1 is 0.780 bits per heavy atom. The van der Waals surface area contributed by atoms with Crippen LogP contribution in [-0.4, -0.2) is 94.8 Å². The van der Waals surface area contributed by atoms with E-state index in [1.165, 1.54) is 5.56 Å². The van der Waals surface area contributed by atoms with Crippen molar-refractivity contribution in [3.8, 4) is 22.8 Å². The lowest BCUT2D eigenvalue weighted by Gasteiger charge is -2.41. The minimum absolute atomic E-state index is 0. The number of para-hydroxylation sites is 1. The molecule has 0 aliphatic carbocycles. The molecule has 0 radical (unpaired) electrons. The van der Waals surface area contributed by atoms with Gasteiger partial charge < -0.3 is 33.8 Å². The van der Waals surface area contributed by atoms with Crippen LogP contribution < -0.4 is 9.64 Å². The van der Waals surface area contributed by atoms with Gasteiger partial charge >= 0.3 is 6.09 Å². The molecular formula is C47H50ClN5O6. The van der Waals surface area contributed by atoms with Gasteiger partial charge in [0.05, 0.1) is 18.8 Å². The van der Waals surface area contributed by atoms with Gasteiger partial charge in [0.25, 0.3) is 11.8 Å². The molecule has 5 heterocycles. The third kappa shape index (κ3) is 8.19. The summed E-state index contributed by atoms with van der Waals surface area (Å²) >= 11 is 0. The Bertz CT molecular complexity index is 2340. The van der Waals surface area contributed by atoms with Crippen LogP contribution in [0, 0.1) is 0 Å². The number of hydrogen-bond donors (Lipinski definition) is 1. The van der Waals surface area contributed by atoms with Gasteiger partial charge in [-0.1, -0.05) is 42.5 Å². The number of nitrogens with zero attached hydrogens (tertiary/aromatic N) is 5. The molecule has 1 fully saturated rings. The van der Waals surface area contributed by atoms with E-state index in [-0.39, 0.29) is 36.0 Å². The minimum atomic E-state index is -0.423. The predicted octanol–water partition coefficient (Wildman–Crippen LogP) is 7.35. The molecule has 3 amide bonds. The van der Waals surface area contributed by atoms with Gasteiger partial charge in [-0.15, -0.1) is 12.4 Å². The second-order valence-electron chi connectivity index (χ2n) is 15.9. The number of fused-ring (bicyclic) bond motifs is 3. The average molecular weight is 816 g/mol. The molecule has 5 aromatic rings.